The highest BCUT2D eigenvalue weighted by Crippen LogP contribution is 2.16. The van der Waals surface area contributed by atoms with Gasteiger partial charge in [0.1, 0.15) is 5.82 Å². The summed E-state index contributed by atoms with van der Waals surface area (Å²) < 4.78 is 15.7. The largest absolute Gasteiger partial charge is 0.377 e. The van der Waals surface area contributed by atoms with Gasteiger partial charge in [-0.2, -0.15) is 5.26 Å². The first-order chi connectivity index (χ1) is 8.74. The first-order valence-corrected chi connectivity index (χ1v) is 5.82. The van der Waals surface area contributed by atoms with Crippen molar-refractivity contribution in [3.05, 3.63) is 53.6 Å². The molecule has 1 N–H and O–H groups in total. The Morgan fingerprint density at radius 3 is 2.89 bits per heavy atom. The summed E-state index contributed by atoms with van der Waals surface area (Å²) in [6, 6.07) is 10.3. The molecule has 4 heteroatoms. The van der Waals surface area contributed by atoms with Gasteiger partial charge in [0.25, 0.3) is 0 Å². The van der Waals surface area contributed by atoms with Crippen molar-refractivity contribution in [1.82, 2.24) is 4.57 Å². The molecule has 0 aliphatic rings. The second-order valence-corrected chi connectivity index (χ2v) is 3.95. The van der Waals surface area contributed by atoms with E-state index in [1.54, 1.807) is 12.1 Å². The monoisotopic (exact) mass is 243 g/mol. The number of nitrogens with zero attached hydrogens (tertiary/aromatic N) is 2. The summed E-state index contributed by atoms with van der Waals surface area (Å²) in [5.74, 6) is -0.399. The van der Waals surface area contributed by atoms with Crippen LogP contribution in [0.5, 0.6) is 0 Å². The molecule has 2 aromatic rings. The van der Waals surface area contributed by atoms with E-state index in [0.29, 0.717) is 17.8 Å². The van der Waals surface area contributed by atoms with Crippen LogP contribution in [0.2, 0.25) is 0 Å². The lowest BCUT2D eigenvalue weighted by atomic mass is 10.2. The highest BCUT2D eigenvalue weighted by Gasteiger charge is 2.04. The number of anilines is 1. The van der Waals surface area contributed by atoms with Crippen LogP contribution in [0, 0.1) is 17.1 Å². The number of nitrogens with one attached hydrogen (secondary N) is 1. The molecule has 0 radical (unpaired) electrons. The van der Waals surface area contributed by atoms with Gasteiger partial charge in [0, 0.05) is 18.4 Å². The summed E-state index contributed by atoms with van der Waals surface area (Å²) >= 11 is 0. The van der Waals surface area contributed by atoms with Gasteiger partial charge in [-0.1, -0.05) is 0 Å². The molecule has 1 aromatic carbocycles. The summed E-state index contributed by atoms with van der Waals surface area (Å²) in [5, 5.41) is 11.7. The van der Waals surface area contributed by atoms with E-state index in [1.165, 1.54) is 6.07 Å². The van der Waals surface area contributed by atoms with Gasteiger partial charge in [-0.05, 0) is 37.3 Å². The Labute approximate surface area is 105 Å². The third-order valence-corrected chi connectivity index (χ3v) is 2.82. The second-order valence-electron chi connectivity index (χ2n) is 3.95. The maximum Gasteiger partial charge on any atom is 0.147 e. The van der Waals surface area contributed by atoms with Crippen LogP contribution >= 0.6 is 0 Å². The molecule has 0 atom stereocenters. The fourth-order valence-corrected chi connectivity index (χ4v) is 1.83. The van der Waals surface area contributed by atoms with Crippen molar-refractivity contribution >= 4 is 5.69 Å². The number of nitriles is 1. The van der Waals surface area contributed by atoms with E-state index < -0.39 is 5.82 Å². The molecule has 1 aromatic heterocycles. The van der Waals surface area contributed by atoms with Crippen LogP contribution in [0.4, 0.5) is 10.1 Å². The van der Waals surface area contributed by atoms with Gasteiger partial charge < -0.3 is 9.88 Å². The van der Waals surface area contributed by atoms with E-state index in [2.05, 4.69) is 16.8 Å². The molecular weight excluding hydrogens is 229 g/mol. The number of aryl methyl sites for hydroxylation is 1. The van der Waals surface area contributed by atoms with Crippen molar-refractivity contribution in [2.75, 3.05) is 5.32 Å². The zero-order chi connectivity index (χ0) is 13.0. The molecular formula is C14H14FN3. The molecule has 1 heterocycles. The zero-order valence-corrected chi connectivity index (χ0v) is 10.2. The van der Waals surface area contributed by atoms with Crippen molar-refractivity contribution in [2.45, 2.75) is 20.0 Å². The SMILES string of the molecule is CCn1cccc1CNc1ccc(C#N)cc1F. The molecule has 0 aliphatic heterocycles. The van der Waals surface area contributed by atoms with Gasteiger partial charge in [0.05, 0.1) is 23.9 Å². The average molecular weight is 243 g/mol. The maximum atomic E-state index is 13.6. The molecule has 92 valence electrons. The minimum atomic E-state index is -0.399. The van der Waals surface area contributed by atoms with Crippen LogP contribution < -0.4 is 5.32 Å². The molecule has 0 bridgehead atoms. The highest BCUT2D eigenvalue weighted by atomic mass is 19.1. The quantitative estimate of drug-likeness (QED) is 0.896. The molecule has 0 unspecified atom stereocenters. The van der Waals surface area contributed by atoms with Gasteiger partial charge in [0.15, 0.2) is 0 Å². The molecule has 0 amide bonds. The van der Waals surface area contributed by atoms with Gasteiger partial charge in [-0.25, -0.2) is 4.39 Å². The van der Waals surface area contributed by atoms with E-state index in [-0.39, 0.29) is 0 Å². The fraction of sp³-hybridized carbons (Fsp3) is 0.214. The summed E-state index contributed by atoms with van der Waals surface area (Å²) in [7, 11) is 0. The standard InChI is InChI=1S/C14H14FN3/c1-2-18-7-3-4-12(18)10-17-14-6-5-11(9-16)8-13(14)15/h3-8,17H,2,10H2,1H3. The van der Waals surface area contributed by atoms with Gasteiger partial charge in [0.2, 0.25) is 0 Å². The predicted molar refractivity (Wildman–Crippen MR) is 68.5 cm³/mol. The topological polar surface area (TPSA) is 40.8 Å². The van der Waals surface area contributed by atoms with E-state index in [1.807, 2.05) is 24.4 Å². The lowest BCUT2D eigenvalue weighted by Gasteiger charge is -2.10. The van der Waals surface area contributed by atoms with Crippen molar-refractivity contribution < 1.29 is 4.39 Å². The van der Waals surface area contributed by atoms with E-state index >= 15 is 0 Å². The van der Waals surface area contributed by atoms with Crippen molar-refractivity contribution in [2.24, 2.45) is 0 Å². The van der Waals surface area contributed by atoms with Crippen molar-refractivity contribution in [3.8, 4) is 6.07 Å². The Hall–Kier alpha value is -2.28. The van der Waals surface area contributed by atoms with Crippen LogP contribution in [0.25, 0.3) is 0 Å². The number of aromatic nitrogens is 1. The maximum absolute atomic E-state index is 13.6. The smallest absolute Gasteiger partial charge is 0.147 e. The minimum Gasteiger partial charge on any atom is -0.377 e. The van der Waals surface area contributed by atoms with Crippen LogP contribution in [0.15, 0.2) is 36.5 Å². The Morgan fingerprint density at radius 2 is 2.22 bits per heavy atom. The van der Waals surface area contributed by atoms with Crippen molar-refractivity contribution in [1.29, 1.82) is 5.26 Å². The lowest BCUT2D eigenvalue weighted by Crippen LogP contribution is -2.07. The first kappa shape index (κ1) is 12.2. The Bertz CT molecular complexity index is 581. The normalized spacial score (nSPS) is 10.1. The summed E-state index contributed by atoms with van der Waals surface area (Å²) in [6.07, 6.45) is 1.99. The third-order valence-electron chi connectivity index (χ3n) is 2.82. The lowest BCUT2D eigenvalue weighted by molar-refractivity contribution is 0.628. The molecule has 0 saturated heterocycles. The van der Waals surface area contributed by atoms with Gasteiger partial charge in [-0.15, -0.1) is 0 Å². The van der Waals surface area contributed by atoms with Crippen LogP contribution in [-0.2, 0) is 13.1 Å². The van der Waals surface area contributed by atoms with E-state index in [9.17, 15) is 4.39 Å². The van der Waals surface area contributed by atoms with Gasteiger partial charge >= 0.3 is 0 Å². The van der Waals surface area contributed by atoms with E-state index in [4.69, 9.17) is 5.26 Å². The van der Waals surface area contributed by atoms with Crippen LogP contribution in [0.3, 0.4) is 0 Å². The average Bonchev–Trinajstić information content (AvgIpc) is 2.84. The number of hydrogen-bond acceptors (Lipinski definition) is 2. The van der Waals surface area contributed by atoms with Crippen molar-refractivity contribution in [3.63, 3.8) is 0 Å². The molecule has 3 nitrogen and oxygen atoms in total. The number of hydrogen-bond donors (Lipinski definition) is 1. The zero-order valence-electron chi connectivity index (χ0n) is 10.2. The first-order valence-electron chi connectivity index (χ1n) is 5.82. The summed E-state index contributed by atoms with van der Waals surface area (Å²) in [4.78, 5) is 0. The molecule has 0 saturated carbocycles. The second kappa shape index (κ2) is 5.37. The van der Waals surface area contributed by atoms with Crippen LogP contribution in [0.1, 0.15) is 18.2 Å². The minimum absolute atomic E-state index is 0.329. The molecule has 2 rings (SSSR count). The number of rotatable bonds is 4. The van der Waals surface area contributed by atoms with Gasteiger partial charge in [-0.3, -0.25) is 0 Å². The highest BCUT2D eigenvalue weighted by molar-refractivity contribution is 5.48. The fourth-order valence-electron chi connectivity index (χ4n) is 1.83. The molecule has 0 fully saturated rings. The molecule has 18 heavy (non-hydrogen) atoms. The Kier molecular flexibility index (Phi) is 3.63. The number of halogens is 1. The van der Waals surface area contributed by atoms with E-state index in [0.717, 1.165) is 12.2 Å². The Morgan fingerprint density at radius 1 is 1.39 bits per heavy atom. The Balaban J connectivity index is 2.09. The predicted octanol–water partition coefficient (Wildman–Crippen LogP) is 3.13. The molecule has 0 aliphatic carbocycles. The third kappa shape index (κ3) is 2.51. The summed E-state index contributed by atoms with van der Waals surface area (Å²) in [6.45, 7) is 3.51. The summed E-state index contributed by atoms with van der Waals surface area (Å²) in [5.41, 5.74) is 1.84. The van der Waals surface area contributed by atoms with Crippen LogP contribution in [-0.4, -0.2) is 4.57 Å². The molecule has 0 spiro atoms. The number of benzene rings is 1.